The zero-order valence-corrected chi connectivity index (χ0v) is 10.1. The summed E-state index contributed by atoms with van der Waals surface area (Å²) in [4.78, 5) is 0. The molecule has 1 aliphatic carbocycles. The van der Waals surface area contributed by atoms with Crippen LogP contribution in [0.15, 0.2) is 22.7 Å². The van der Waals surface area contributed by atoms with Gasteiger partial charge in [-0.05, 0) is 52.4 Å². The van der Waals surface area contributed by atoms with Crippen LogP contribution in [0, 0.1) is 5.92 Å². The first kappa shape index (κ1) is 10.5. The van der Waals surface area contributed by atoms with Crippen molar-refractivity contribution in [2.45, 2.75) is 25.4 Å². The lowest BCUT2D eigenvalue weighted by Gasteiger charge is -2.30. The number of halogens is 2. The summed E-state index contributed by atoms with van der Waals surface area (Å²) in [7, 11) is 0. The van der Waals surface area contributed by atoms with Crippen molar-refractivity contribution in [2.75, 3.05) is 0 Å². The average Bonchev–Trinajstić information content (AvgIpc) is 2.06. The predicted molar refractivity (Wildman–Crippen MR) is 61.5 cm³/mol. The van der Waals surface area contributed by atoms with E-state index in [0.29, 0.717) is 10.9 Å². The van der Waals surface area contributed by atoms with Gasteiger partial charge in [0.15, 0.2) is 0 Å². The lowest BCUT2D eigenvalue weighted by molar-refractivity contribution is 0.0621. The molecule has 1 saturated carbocycles. The van der Waals surface area contributed by atoms with Crippen LogP contribution >= 0.6 is 27.5 Å². The van der Waals surface area contributed by atoms with Crippen LogP contribution in [0.5, 0.6) is 0 Å². The van der Waals surface area contributed by atoms with Crippen LogP contribution in [0.3, 0.4) is 0 Å². The first-order valence-electron chi connectivity index (χ1n) is 4.81. The normalized spacial score (nSPS) is 19.1. The molecule has 0 aliphatic heterocycles. The van der Waals surface area contributed by atoms with Crippen LogP contribution in [0.2, 0.25) is 5.02 Å². The molecule has 2 rings (SSSR count). The van der Waals surface area contributed by atoms with Gasteiger partial charge in [-0.3, -0.25) is 0 Å². The van der Waals surface area contributed by atoms with Gasteiger partial charge in [-0.15, -0.1) is 0 Å². The lowest BCUT2D eigenvalue weighted by atomic mass is 9.79. The highest BCUT2D eigenvalue weighted by Gasteiger charge is 2.26. The van der Waals surface area contributed by atoms with Gasteiger partial charge >= 0.3 is 0 Å². The molecule has 1 aromatic carbocycles. The van der Waals surface area contributed by atoms with Gasteiger partial charge in [0.25, 0.3) is 0 Å². The molecule has 1 N–H and O–H groups in total. The van der Waals surface area contributed by atoms with Crippen molar-refractivity contribution in [3.8, 4) is 0 Å². The van der Waals surface area contributed by atoms with Gasteiger partial charge in [0, 0.05) is 4.47 Å². The third-order valence-corrected chi connectivity index (χ3v) is 4.11. The molecular weight excluding hydrogens is 263 g/mol. The van der Waals surface area contributed by atoms with E-state index in [0.717, 1.165) is 22.9 Å². The van der Waals surface area contributed by atoms with Crippen LogP contribution in [-0.2, 0) is 0 Å². The molecule has 0 amide bonds. The van der Waals surface area contributed by atoms with Crippen molar-refractivity contribution in [3.05, 3.63) is 33.3 Å². The first-order chi connectivity index (χ1) is 6.68. The van der Waals surface area contributed by atoms with Crippen molar-refractivity contribution in [1.29, 1.82) is 0 Å². The molecule has 1 nitrogen and oxygen atoms in total. The van der Waals surface area contributed by atoms with Crippen molar-refractivity contribution in [3.63, 3.8) is 0 Å². The second-order valence-electron chi connectivity index (χ2n) is 3.81. The number of hydrogen-bond donors (Lipinski definition) is 1. The van der Waals surface area contributed by atoms with Gasteiger partial charge in [-0.25, -0.2) is 0 Å². The average molecular weight is 276 g/mol. The summed E-state index contributed by atoms with van der Waals surface area (Å²) in [6.07, 6.45) is 3.17. The van der Waals surface area contributed by atoms with Crippen LogP contribution in [0.1, 0.15) is 30.9 Å². The summed E-state index contributed by atoms with van der Waals surface area (Å²) in [6.45, 7) is 0. The summed E-state index contributed by atoms with van der Waals surface area (Å²) >= 11 is 9.30. The number of aliphatic hydroxyl groups excluding tert-OH is 1. The van der Waals surface area contributed by atoms with Gasteiger partial charge in [0.1, 0.15) is 0 Å². The molecule has 0 bridgehead atoms. The van der Waals surface area contributed by atoms with Crippen LogP contribution < -0.4 is 0 Å². The fourth-order valence-electron chi connectivity index (χ4n) is 1.72. The minimum Gasteiger partial charge on any atom is -0.388 e. The second kappa shape index (κ2) is 4.21. The Morgan fingerprint density at radius 1 is 1.43 bits per heavy atom. The minimum atomic E-state index is -0.339. The summed E-state index contributed by atoms with van der Waals surface area (Å²) in [5.74, 6) is 0.437. The Balaban J connectivity index is 2.18. The Labute approximate surface area is 97.2 Å². The van der Waals surface area contributed by atoms with Gasteiger partial charge in [0.2, 0.25) is 0 Å². The monoisotopic (exact) mass is 274 g/mol. The number of rotatable bonds is 2. The quantitative estimate of drug-likeness (QED) is 0.867. The zero-order valence-electron chi connectivity index (χ0n) is 7.71. The van der Waals surface area contributed by atoms with Gasteiger partial charge in [0.05, 0.1) is 11.1 Å². The standard InChI is InChI=1S/C11H12BrClO/c12-9-5-4-8(6-10(9)13)11(14)7-2-1-3-7/h4-7,11,14H,1-3H2. The molecule has 1 atom stereocenters. The largest absolute Gasteiger partial charge is 0.388 e. The summed E-state index contributed by atoms with van der Waals surface area (Å²) < 4.78 is 0.878. The van der Waals surface area contributed by atoms with E-state index in [1.54, 1.807) is 0 Å². The molecular formula is C11H12BrClO. The Kier molecular flexibility index (Phi) is 3.15. The highest BCUT2D eigenvalue weighted by Crippen LogP contribution is 2.38. The van der Waals surface area contributed by atoms with E-state index in [1.165, 1.54) is 6.42 Å². The topological polar surface area (TPSA) is 20.2 Å². The predicted octanol–water partition coefficient (Wildman–Crippen LogP) is 3.94. The molecule has 76 valence electrons. The minimum absolute atomic E-state index is 0.339. The molecule has 1 fully saturated rings. The van der Waals surface area contributed by atoms with Crippen molar-refractivity contribution >= 4 is 27.5 Å². The number of aliphatic hydroxyl groups is 1. The molecule has 0 spiro atoms. The van der Waals surface area contributed by atoms with Gasteiger partial charge < -0.3 is 5.11 Å². The molecule has 0 heterocycles. The molecule has 14 heavy (non-hydrogen) atoms. The van der Waals surface area contributed by atoms with Crippen molar-refractivity contribution in [1.82, 2.24) is 0 Å². The zero-order chi connectivity index (χ0) is 10.1. The Morgan fingerprint density at radius 3 is 2.64 bits per heavy atom. The van der Waals surface area contributed by atoms with E-state index in [2.05, 4.69) is 15.9 Å². The fourth-order valence-corrected chi connectivity index (χ4v) is 2.16. The Bertz CT molecular complexity index is 336. The fraction of sp³-hybridized carbons (Fsp3) is 0.455. The number of benzene rings is 1. The van der Waals surface area contributed by atoms with E-state index in [9.17, 15) is 5.11 Å². The molecule has 1 aromatic rings. The van der Waals surface area contributed by atoms with Crippen LogP contribution in [0.25, 0.3) is 0 Å². The first-order valence-corrected chi connectivity index (χ1v) is 5.98. The molecule has 0 saturated heterocycles. The van der Waals surface area contributed by atoms with Gasteiger partial charge in [-0.1, -0.05) is 24.1 Å². The van der Waals surface area contributed by atoms with Gasteiger partial charge in [-0.2, -0.15) is 0 Å². The lowest BCUT2D eigenvalue weighted by Crippen LogP contribution is -2.19. The molecule has 1 unspecified atom stereocenters. The van der Waals surface area contributed by atoms with E-state index < -0.39 is 0 Å². The Morgan fingerprint density at radius 2 is 2.14 bits per heavy atom. The number of hydrogen-bond acceptors (Lipinski definition) is 1. The maximum Gasteiger partial charge on any atom is 0.0818 e. The van der Waals surface area contributed by atoms with E-state index in [1.807, 2.05) is 18.2 Å². The maximum atomic E-state index is 9.98. The highest BCUT2D eigenvalue weighted by molar-refractivity contribution is 9.10. The maximum absolute atomic E-state index is 9.98. The molecule has 0 aromatic heterocycles. The van der Waals surface area contributed by atoms with Crippen molar-refractivity contribution < 1.29 is 5.11 Å². The molecule has 1 aliphatic rings. The van der Waals surface area contributed by atoms with Crippen molar-refractivity contribution in [2.24, 2.45) is 5.92 Å². The Hall–Kier alpha value is -0.0500. The summed E-state index contributed by atoms with van der Waals surface area (Å²) in [5, 5.41) is 10.6. The summed E-state index contributed by atoms with van der Waals surface area (Å²) in [5.41, 5.74) is 0.933. The third kappa shape index (κ3) is 1.97. The van der Waals surface area contributed by atoms with Crippen LogP contribution in [0.4, 0.5) is 0 Å². The SMILES string of the molecule is OC(c1ccc(Br)c(Cl)c1)C1CCC1. The smallest absolute Gasteiger partial charge is 0.0818 e. The van der Waals surface area contributed by atoms with Crippen LogP contribution in [-0.4, -0.2) is 5.11 Å². The second-order valence-corrected chi connectivity index (χ2v) is 5.07. The van der Waals surface area contributed by atoms with E-state index in [4.69, 9.17) is 11.6 Å². The summed E-state index contributed by atoms with van der Waals surface area (Å²) in [6, 6.07) is 5.66. The third-order valence-electron chi connectivity index (χ3n) is 2.88. The molecule has 0 radical (unpaired) electrons. The highest BCUT2D eigenvalue weighted by atomic mass is 79.9. The molecule has 3 heteroatoms. The van der Waals surface area contributed by atoms with E-state index in [-0.39, 0.29) is 6.10 Å². The van der Waals surface area contributed by atoms with E-state index >= 15 is 0 Å².